The van der Waals surface area contributed by atoms with Gasteiger partial charge in [-0.15, -0.1) is 0 Å². The smallest absolute Gasteiger partial charge is 0.339 e. The first-order chi connectivity index (χ1) is 9.13. The number of amides is 1. The fraction of sp³-hybridized carbons (Fsp3) is 0.500. The van der Waals surface area contributed by atoms with E-state index in [0.29, 0.717) is 24.2 Å². The van der Waals surface area contributed by atoms with E-state index < -0.39 is 5.97 Å². The van der Waals surface area contributed by atoms with E-state index in [1.54, 1.807) is 4.90 Å². The van der Waals surface area contributed by atoms with Crippen LogP contribution in [0.2, 0.25) is 0 Å². The highest BCUT2D eigenvalue weighted by Crippen LogP contribution is 2.09. The first kappa shape index (κ1) is 15.1. The van der Waals surface area contributed by atoms with Crippen molar-refractivity contribution >= 4 is 11.9 Å². The average molecular weight is 264 g/mol. The van der Waals surface area contributed by atoms with Gasteiger partial charge in [-0.1, -0.05) is 13.8 Å². The van der Waals surface area contributed by atoms with Gasteiger partial charge < -0.3 is 9.64 Å². The molecule has 0 fully saturated rings. The van der Waals surface area contributed by atoms with Crippen molar-refractivity contribution in [3.8, 4) is 0 Å². The Morgan fingerprint density at radius 3 is 2.26 bits per heavy atom. The van der Waals surface area contributed by atoms with Gasteiger partial charge in [-0.25, -0.2) is 4.79 Å². The van der Waals surface area contributed by atoms with Crippen molar-refractivity contribution < 1.29 is 14.3 Å². The van der Waals surface area contributed by atoms with E-state index in [0.717, 1.165) is 12.8 Å². The molecule has 1 aromatic rings. The van der Waals surface area contributed by atoms with Crippen LogP contribution in [0.3, 0.4) is 0 Å². The van der Waals surface area contributed by atoms with Gasteiger partial charge in [0, 0.05) is 25.5 Å². The number of methoxy groups -OCH3 is 1. The summed E-state index contributed by atoms with van der Waals surface area (Å²) < 4.78 is 4.62. The summed E-state index contributed by atoms with van der Waals surface area (Å²) in [5.41, 5.74) is 0.714. The maximum absolute atomic E-state index is 12.3. The zero-order chi connectivity index (χ0) is 14.3. The summed E-state index contributed by atoms with van der Waals surface area (Å²) in [6, 6.07) is 1.53. The van der Waals surface area contributed by atoms with Crippen LogP contribution in [0.15, 0.2) is 18.5 Å². The second-order valence-electron chi connectivity index (χ2n) is 4.25. The highest BCUT2D eigenvalue weighted by atomic mass is 16.5. The van der Waals surface area contributed by atoms with Crippen LogP contribution in [-0.4, -0.2) is 42.0 Å². The molecule has 0 atom stereocenters. The van der Waals surface area contributed by atoms with E-state index in [4.69, 9.17) is 0 Å². The largest absolute Gasteiger partial charge is 0.465 e. The van der Waals surface area contributed by atoms with Gasteiger partial charge in [-0.2, -0.15) is 0 Å². The van der Waals surface area contributed by atoms with E-state index in [1.807, 2.05) is 13.8 Å². The summed E-state index contributed by atoms with van der Waals surface area (Å²) in [7, 11) is 1.30. The number of carbonyl (C=O) groups excluding carboxylic acids is 2. The molecule has 0 unspecified atom stereocenters. The molecule has 0 aromatic carbocycles. The van der Waals surface area contributed by atoms with Gasteiger partial charge in [0.2, 0.25) is 0 Å². The molecule has 0 saturated carbocycles. The van der Waals surface area contributed by atoms with Crippen molar-refractivity contribution in [3.05, 3.63) is 29.6 Å². The lowest BCUT2D eigenvalue weighted by Crippen LogP contribution is -2.32. The predicted octanol–water partition coefficient (Wildman–Crippen LogP) is 2.13. The van der Waals surface area contributed by atoms with Crippen molar-refractivity contribution in [2.45, 2.75) is 26.7 Å². The third-order valence-electron chi connectivity index (χ3n) is 2.68. The van der Waals surface area contributed by atoms with Crippen LogP contribution in [0.25, 0.3) is 0 Å². The van der Waals surface area contributed by atoms with Gasteiger partial charge in [0.15, 0.2) is 0 Å². The van der Waals surface area contributed by atoms with E-state index >= 15 is 0 Å². The van der Waals surface area contributed by atoms with Gasteiger partial charge in [0.1, 0.15) is 0 Å². The third-order valence-corrected chi connectivity index (χ3v) is 2.68. The topological polar surface area (TPSA) is 59.5 Å². The summed E-state index contributed by atoms with van der Waals surface area (Å²) in [6.45, 7) is 5.46. The Morgan fingerprint density at radius 1 is 1.16 bits per heavy atom. The van der Waals surface area contributed by atoms with Crippen LogP contribution in [0, 0.1) is 0 Å². The minimum absolute atomic E-state index is 0.0954. The molecule has 1 aromatic heterocycles. The van der Waals surface area contributed by atoms with Crippen LogP contribution in [0.5, 0.6) is 0 Å². The van der Waals surface area contributed by atoms with Crippen LogP contribution < -0.4 is 0 Å². The zero-order valence-electron chi connectivity index (χ0n) is 11.7. The van der Waals surface area contributed by atoms with Crippen molar-refractivity contribution in [2.24, 2.45) is 0 Å². The van der Waals surface area contributed by atoms with Gasteiger partial charge in [0.25, 0.3) is 5.91 Å². The maximum Gasteiger partial charge on any atom is 0.339 e. The molecule has 0 bridgehead atoms. The second-order valence-corrected chi connectivity index (χ2v) is 4.25. The van der Waals surface area contributed by atoms with Gasteiger partial charge in [0.05, 0.1) is 18.2 Å². The van der Waals surface area contributed by atoms with Crippen LogP contribution in [0.4, 0.5) is 0 Å². The lowest BCUT2D eigenvalue weighted by Gasteiger charge is -2.21. The molecule has 19 heavy (non-hydrogen) atoms. The first-order valence-electron chi connectivity index (χ1n) is 6.46. The second kappa shape index (κ2) is 7.51. The number of hydrogen-bond acceptors (Lipinski definition) is 4. The van der Waals surface area contributed by atoms with Crippen LogP contribution >= 0.6 is 0 Å². The zero-order valence-corrected chi connectivity index (χ0v) is 11.7. The Labute approximate surface area is 113 Å². The SMILES string of the molecule is CCCN(CCC)C(=O)c1cncc(C(=O)OC)c1. The Morgan fingerprint density at radius 2 is 1.74 bits per heavy atom. The van der Waals surface area contributed by atoms with Crippen LogP contribution in [-0.2, 0) is 4.74 Å². The minimum atomic E-state index is -0.486. The monoisotopic (exact) mass is 264 g/mol. The predicted molar refractivity (Wildman–Crippen MR) is 72.1 cm³/mol. The summed E-state index contributed by atoms with van der Waals surface area (Å²) in [6.07, 6.45) is 4.67. The van der Waals surface area contributed by atoms with Crippen LogP contribution in [0.1, 0.15) is 47.4 Å². The van der Waals surface area contributed by atoms with Crippen molar-refractivity contribution in [1.29, 1.82) is 0 Å². The Balaban J connectivity index is 2.94. The highest BCUT2D eigenvalue weighted by molar-refractivity contribution is 5.97. The summed E-state index contributed by atoms with van der Waals surface area (Å²) in [4.78, 5) is 29.4. The quantitative estimate of drug-likeness (QED) is 0.738. The standard InChI is InChI=1S/C14H20N2O3/c1-4-6-16(7-5-2)13(17)11-8-12(10-15-9-11)14(18)19-3/h8-10H,4-7H2,1-3H3. The van der Waals surface area contributed by atoms with E-state index in [1.165, 1.54) is 25.6 Å². The molecule has 0 aliphatic carbocycles. The van der Waals surface area contributed by atoms with Gasteiger partial charge in [-0.05, 0) is 18.9 Å². The molecule has 5 heteroatoms. The van der Waals surface area contributed by atoms with E-state index in [2.05, 4.69) is 9.72 Å². The van der Waals surface area contributed by atoms with Crippen molar-refractivity contribution in [2.75, 3.05) is 20.2 Å². The van der Waals surface area contributed by atoms with Crippen molar-refractivity contribution in [3.63, 3.8) is 0 Å². The number of nitrogens with zero attached hydrogens (tertiary/aromatic N) is 2. The fourth-order valence-electron chi connectivity index (χ4n) is 1.82. The first-order valence-corrected chi connectivity index (χ1v) is 6.46. The number of ether oxygens (including phenoxy) is 1. The third kappa shape index (κ3) is 4.05. The van der Waals surface area contributed by atoms with Gasteiger partial charge >= 0.3 is 5.97 Å². The maximum atomic E-state index is 12.3. The molecular formula is C14H20N2O3. The average Bonchev–Trinajstić information content (AvgIpc) is 2.45. The molecule has 0 aliphatic rings. The summed E-state index contributed by atoms with van der Waals surface area (Å²) in [5, 5.41) is 0. The molecule has 0 aliphatic heterocycles. The molecule has 104 valence electrons. The number of pyridine rings is 1. The highest BCUT2D eigenvalue weighted by Gasteiger charge is 2.16. The Hall–Kier alpha value is -1.91. The molecule has 1 rings (SSSR count). The van der Waals surface area contributed by atoms with E-state index in [-0.39, 0.29) is 5.91 Å². The molecule has 1 amide bonds. The molecule has 0 spiro atoms. The number of carbonyl (C=O) groups is 2. The molecule has 1 heterocycles. The lowest BCUT2D eigenvalue weighted by atomic mass is 10.1. The number of rotatable bonds is 6. The summed E-state index contributed by atoms with van der Waals surface area (Å²) >= 11 is 0. The Kier molecular flexibility index (Phi) is 5.99. The molecule has 5 nitrogen and oxygen atoms in total. The normalized spacial score (nSPS) is 10.1. The number of esters is 1. The number of aromatic nitrogens is 1. The molecular weight excluding hydrogens is 244 g/mol. The summed E-state index contributed by atoms with van der Waals surface area (Å²) in [5.74, 6) is -0.582. The molecule has 0 saturated heterocycles. The lowest BCUT2D eigenvalue weighted by molar-refractivity contribution is 0.0600. The van der Waals surface area contributed by atoms with E-state index in [9.17, 15) is 9.59 Å². The van der Waals surface area contributed by atoms with Gasteiger partial charge in [-0.3, -0.25) is 9.78 Å². The Bertz CT molecular complexity index is 440. The molecule has 0 N–H and O–H groups in total. The number of hydrogen-bond donors (Lipinski definition) is 0. The fourth-order valence-corrected chi connectivity index (χ4v) is 1.82. The minimum Gasteiger partial charge on any atom is -0.465 e. The van der Waals surface area contributed by atoms with Crippen molar-refractivity contribution in [1.82, 2.24) is 9.88 Å². The molecule has 0 radical (unpaired) electrons.